The summed E-state index contributed by atoms with van der Waals surface area (Å²) in [6.45, 7) is 20.8. The number of carbonyl (C=O) groups excluding carboxylic acids is 4. The fraction of sp³-hybridized carbons (Fsp3) is 0.463. The van der Waals surface area contributed by atoms with Crippen molar-refractivity contribution in [2.75, 3.05) is 45.7 Å². The highest BCUT2D eigenvalue weighted by atomic mass is 32.2. The van der Waals surface area contributed by atoms with E-state index in [0.717, 1.165) is 84.0 Å². The number of benzene rings is 2. The molecule has 2 atom stereocenters. The molecule has 2 aromatic carbocycles. The third-order valence-corrected chi connectivity index (χ3v) is 14.0. The highest BCUT2D eigenvalue weighted by Crippen LogP contribution is 2.36. The number of hydrogen-bond donors (Lipinski definition) is 5. The highest BCUT2D eigenvalue weighted by Gasteiger charge is 2.35. The lowest BCUT2D eigenvalue weighted by Crippen LogP contribution is -2.42. The molecule has 428 valence electrons. The Kier molecular flexibility index (Phi) is 19.7. The zero-order valence-corrected chi connectivity index (χ0v) is 48.0. The number of likely N-dealkylation sites (tertiary alicyclic amines) is 2. The van der Waals surface area contributed by atoms with Crippen molar-refractivity contribution < 1.29 is 50.7 Å². The Labute approximate surface area is 462 Å². The number of carboxylic acid groups (broad SMARTS) is 1. The molecule has 79 heavy (non-hydrogen) atoms. The number of ether oxygens (including phenoxy) is 1. The molecule has 2 aliphatic rings. The molecule has 4 amide bonds. The van der Waals surface area contributed by atoms with E-state index in [-0.39, 0.29) is 60.3 Å². The van der Waals surface area contributed by atoms with Gasteiger partial charge in [-0.2, -0.15) is 19.2 Å². The van der Waals surface area contributed by atoms with E-state index >= 15 is 0 Å². The molecule has 6 aromatic rings. The quantitative estimate of drug-likeness (QED) is 0.0856. The van der Waals surface area contributed by atoms with E-state index in [1.54, 1.807) is 50.0 Å². The number of aromatic carboxylic acids is 1. The zero-order chi connectivity index (χ0) is 57.8. The molecule has 23 nitrogen and oxygen atoms in total. The molecule has 0 aliphatic carbocycles. The van der Waals surface area contributed by atoms with Crippen LogP contribution in [0.1, 0.15) is 158 Å². The SMILES string of the molecule is C.CC(=O)Nc1c(C)c(C)nc2cc([C@@H]3CCCCN3C(=O)OC(C)(C)C)nn12.CC(=O)Nc1c(C)c(C)nc2cc([C@@H]3CCCCN3C(=O)c3cc(C)ccc3NS(C)(=O)=O)nn12.Cc1ccc(NS(C)(=O)=O)c(C(=O)O)c1. The van der Waals surface area contributed by atoms with E-state index in [1.807, 2.05) is 67.5 Å². The Balaban J connectivity index is 0.000000233. The number of nitrogens with zero attached hydrogens (tertiary/aromatic N) is 8. The Morgan fingerprint density at radius 3 is 1.43 bits per heavy atom. The van der Waals surface area contributed by atoms with Gasteiger partial charge >= 0.3 is 12.1 Å². The van der Waals surface area contributed by atoms with Gasteiger partial charge in [0.1, 0.15) is 17.2 Å². The van der Waals surface area contributed by atoms with Gasteiger partial charge in [0, 0.05) is 61.6 Å². The molecule has 2 fully saturated rings. The van der Waals surface area contributed by atoms with Crippen molar-refractivity contribution in [3.05, 3.63) is 105 Å². The van der Waals surface area contributed by atoms with E-state index in [1.165, 1.54) is 26.0 Å². The number of nitrogens with one attached hydrogen (secondary N) is 4. The van der Waals surface area contributed by atoms with Gasteiger partial charge in [-0.05, 0) is 125 Å². The Hall–Kier alpha value is -7.67. The topological polar surface area (TPSA) is 298 Å². The predicted molar refractivity (Wildman–Crippen MR) is 304 cm³/mol. The summed E-state index contributed by atoms with van der Waals surface area (Å²) in [5.41, 5.74) is 7.59. The van der Waals surface area contributed by atoms with Crippen molar-refractivity contribution >= 4 is 84.1 Å². The second kappa shape index (κ2) is 25.0. The standard InChI is InChI=1S/C24H30N6O4S.C20H29N5O3.C9H11NO4S.CH4/c1-14-9-10-19(28-35(5,33)34)18(12-14)24(32)29-11-7-6-8-21(29)20-13-22-25-16(3)15(2)23(26-17(4)31)30(22)27-20;1-12-13(2)21-17-11-15(23-25(17)18(12)22-14(3)26)16-9-7-8-10-24(16)19(27)28-20(4,5)6;1-6-3-4-8(10-15(2,13)14)7(5-6)9(11)12;/h9-10,12-13,21,28H,6-8,11H2,1-5H3,(H,26,31);11,16H,7-10H2,1-6H3,(H,22,26);3-5,10H,1-2H3,(H,11,12);1H4/t21-;16-;;/m00../s1. The molecule has 0 radical (unpaired) electrons. The molecule has 25 heteroatoms. The highest BCUT2D eigenvalue weighted by molar-refractivity contribution is 7.92. The summed E-state index contributed by atoms with van der Waals surface area (Å²) in [5.74, 6) is -0.634. The predicted octanol–water partition coefficient (Wildman–Crippen LogP) is 8.82. The first-order valence-electron chi connectivity index (χ1n) is 25.3. The van der Waals surface area contributed by atoms with Crippen molar-refractivity contribution in [3.63, 3.8) is 0 Å². The second-order valence-electron chi connectivity index (χ2n) is 20.7. The van der Waals surface area contributed by atoms with Crippen LogP contribution in [0.15, 0.2) is 48.5 Å². The smallest absolute Gasteiger partial charge is 0.410 e. The van der Waals surface area contributed by atoms with Crippen LogP contribution in [-0.2, 0) is 34.4 Å². The maximum Gasteiger partial charge on any atom is 0.410 e. The van der Waals surface area contributed by atoms with Crippen molar-refractivity contribution in [3.8, 4) is 0 Å². The molecule has 2 saturated heterocycles. The summed E-state index contributed by atoms with van der Waals surface area (Å²) in [6, 6.07) is 12.8. The van der Waals surface area contributed by atoms with Crippen LogP contribution in [0, 0.1) is 41.5 Å². The first kappa shape index (κ1) is 62.2. The summed E-state index contributed by atoms with van der Waals surface area (Å²) in [4.78, 5) is 73.5. The van der Waals surface area contributed by atoms with Crippen LogP contribution >= 0.6 is 0 Å². The number of amides is 4. The van der Waals surface area contributed by atoms with Crippen LogP contribution in [0.25, 0.3) is 11.3 Å². The van der Waals surface area contributed by atoms with Gasteiger partial charge in [0.25, 0.3) is 5.91 Å². The molecule has 0 saturated carbocycles. The molecule has 6 heterocycles. The third-order valence-electron chi connectivity index (χ3n) is 12.8. The number of carboxylic acids is 1. The van der Waals surface area contributed by atoms with Gasteiger partial charge in [0.15, 0.2) is 11.3 Å². The average molecular weight is 1130 g/mol. The number of hydrogen-bond acceptors (Lipinski definition) is 14. The number of rotatable bonds is 10. The van der Waals surface area contributed by atoms with Gasteiger partial charge in [0.2, 0.25) is 31.9 Å². The molecule has 4 aromatic heterocycles. The van der Waals surface area contributed by atoms with Gasteiger partial charge in [-0.25, -0.2) is 36.4 Å². The van der Waals surface area contributed by atoms with E-state index in [0.29, 0.717) is 53.7 Å². The number of aromatic nitrogens is 6. The first-order chi connectivity index (χ1) is 36.3. The molecule has 5 N–H and O–H groups in total. The molecular formula is C54H74N12O11S2. The van der Waals surface area contributed by atoms with Crippen LogP contribution in [0.4, 0.5) is 27.8 Å². The van der Waals surface area contributed by atoms with E-state index in [9.17, 15) is 40.8 Å². The van der Waals surface area contributed by atoms with Gasteiger partial charge < -0.3 is 25.4 Å². The number of piperidine rings is 2. The summed E-state index contributed by atoms with van der Waals surface area (Å²) >= 11 is 0. The Morgan fingerprint density at radius 1 is 0.620 bits per heavy atom. The summed E-state index contributed by atoms with van der Waals surface area (Å²) in [6.07, 6.45) is 6.96. The van der Waals surface area contributed by atoms with E-state index < -0.39 is 31.6 Å². The fourth-order valence-electron chi connectivity index (χ4n) is 9.05. The van der Waals surface area contributed by atoms with Gasteiger partial charge in [-0.1, -0.05) is 30.7 Å². The summed E-state index contributed by atoms with van der Waals surface area (Å²) in [7, 11) is -7.02. The van der Waals surface area contributed by atoms with Crippen LogP contribution in [0.2, 0.25) is 0 Å². The van der Waals surface area contributed by atoms with Gasteiger partial charge in [-0.3, -0.25) is 28.7 Å². The normalized spacial score (nSPS) is 15.6. The summed E-state index contributed by atoms with van der Waals surface area (Å²) < 4.78 is 59.2. The third kappa shape index (κ3) is 16.0. The minimum Gasteiger partial charge on any atom is -0.478 e. The number of fused-ring (bicyclic) bond motifs is 2. The van der Waals surface area contributed by atoms with Gasteiger partial charge in [0.05, 0.1) is 58.5 Å². The van der Waals surface area contributed by atoms with Crippen LogP contribution in [0.3, 0.4) is 0 Å². The fourth-order valence-corrected chi connectivity index (χ4v) is 10.2. The Morgan fingerprint density at radius 2 is 1.03 bits per heavy atom. The lowest BCUT2D eigenvalue weighted by molar-refractivity contribution is -0.115. The number of carbonyl (C=O) groups is 5. The van der Waals surface area contributed by atoms with Crippen molar-refractivity contribution in [2.45, 2.75) is 140 Å². The number of aryl methyl sites for hydroxylation is 4. The minimum atomic E-state index is -3.56. The molecule has 2 aliphatic heterocycles. The minimum absolute atomic E-state index is 0. The largest absolute Gasteiger partial charge is 0.478 e. The molecule has 8 rings (SSSR count). The zero-order valence-electron chi connectivity index (χ0n) is 46.4. The maximum absolute atomic E-state index is 13.8. The second-order valence-corrected chi connectivity index (χ2v) is 24.2. The lowest BCUT2D eigenvalue weighted by atomic mass is 9.97. The molecule has 0 unspecified atom stereocenters. The maximum atomic E-state index is 13.8. The average Bonchev–Trinajstić information content (AvgIpc) is 4.10. The van der Waals surface area contributed by atoms with Crippen LogP contribution in [-0.4, -0.2) is 122 Å². The molecular weight excluding hydrogens is 1060 g/mol. The van der Waals surface area contributed by atoms with Crippen molar-refractivity contribution in [1.29, 1.82) is 0 Å². The molecule has 0 spiro atoms. The lowest BCUT2D eigenvalue weighted by Gasteiger charge is -2.35. The summed E-state index contributed by atoms with van der Waals surface area (Å²) in [5, 5.41) is 24.0. The molecule has 0 bridgehead atoms. The van der Waals surface area contributed by atoms with E-state index in [2.05, 4.69) is 30.0 Å². The first-order valence-corrected chi connectivity index (χ1v) is 29.1. The number of anilines is 4. The van der Waals surface area contributed by atoms with Crippen molar-refractivity contribution in [2.24, 2.45) is 0 Å². The monoisotopic (exact) mass is 1130 g/mol. The van der Waals surface area contributed by atoms with Crippen LogP contribution < -0.4 is 20.1 Å². The van der Waals surface area contributed by atoms with Crippen molar-refractivity contribution in [1.82, 2.24) is 39.0 Å². The van der Waals surface area contributed by atoms with E-state index in [4.69, 9.17) is 20.0 Å². The Bertz CT molecular complexity index is 3530. The number of sulfonamides is 2. The van der Waals surface area contributed by atoms with Gasteiger partial charge in [-0.15, -0.1) is 0 Å². The van der Waals surface area contributed by atoms with Crippen LogP contribution in [0.5, 0.6) is 0 Å².